The Morgan fingerprint density at radius 2 is 1.19 bits per heavy atom. The van der Waals surface area contributed by atoms with E-state index in [-0.39, 0.29) is 6.29 Å². The van der Waals surface area contributed by atoms with Crippen LogP contribution in [0.25, 0.3) is 44.2 Å². The number of anilines is 7. The topological polar surface area (TPSA) is 43.7 Å². The lowest BCUT2D eigenvalue weighted by Gasteiger charge is -2.28. The molecule has 1 unspecified atom stereocenters. The van der Waals surface area contributed by atoms with E-state index in [1.54, 1.807) is 0 Å². The van der Waals surface area contributed by atoms with E-state index in [0.29, 0.717) is 0 Å². The van der Waals surface area contributed by atoms with Gasteiger partial charge in [-0.25, -0.2) is 0 Å². The average Bonchev–Trinajstić information content (AvgIpc) is 3.81. The number of furan rings is 1. The van der Waals surface area contributed by atoms with Gasteiger partial charge in [0.25, 0.3) is 0 Å². The fourth-order valence-electron chi connectivity index (χ4n) is 7.42. The van der Waals surface area contributed by atoms with E-state index < -0.39 is 0 Å². The molecule has 1 aromatic heterocycles. The van der Waals surface area contributed by atoms with Gasteiger partial charge in [-0.1, -0.05) is 97.1 Å². The molecule has 228 valence electrons. The Morgan fingerprint density at radius 1 is 0.500 bits per heavy atom. The predicted octanol–water partition coefficient (Wildman–Crippen LogP) is 11.7. The second kappa shape index (κ2) is 10.5. The zero-order chi connectivity index (χ0) is 31.6. The van der Waals surface area contributed by atoms with Gasteiger partial charge in [0.15, 0.2) is 6.29 Å². The van der Waals surface area contributed by atoms with Gasteiger partial charge in [-0.2, -0.15) is 0 Å². The number of fused-ring (bicyclic) bond motifs is 8. The van der Waals surface area contributed by atoms with Crippen molar-refractivity contribution in [2.45, 2.75) is 6.29 Å². The number of hydrogen-bond donors (Lipinski definition) is 2. The summed E-state index contributed by atoms with van der Waals surface area (Å²) in [4.78, 5) is 4.79. The first-order chi connectivity index (χ1) is 23.8. The highest BCUT2D eigenvalue weighted by atomic mass is 16.3. The van der Waals surface area contributed by atoms with Gasteiger partial charge in [0.2, 0.25) is 0 Å². The standard InChI is InChI=1S/C43H30N4O/c1-2-12-28(13-3-1)32-16-4-5-17-34(32)44-36-19-11-23-41-42(36)33-27-30(24-25-40(33)48-41)29-14-10-15-31(26-29)46-38-21-8-9-22-39(38)47-37-20-7-6-18-35(37)45-43(46)47/h1-27,43-45H. The molecule has 5 heteroatoms. The molecule has 0 fully saturated rings. The third-order valence-corrected chi connectivity index (χ3v) is 9.57. The second-order valence-corrected chi connectivity index (χ2v) is 12.3. The lowest BCUT2D eigenvalue weighted by atomic mass is 10.0. The first-order valence-corrected chi connectivity index (χ1v) is 16.3. The number of hydrogen-bond acceptors (Lipinski definition) is 5. The molecule has 48 heavy (non-hydrogen) atoms. The van der Waals surface area contributed by atoms with E-state index in [4.69, 9.17) is 4.42 Å². The normalized spacial score (nSPS) is 14.5. The number of nitrogens with one attached hydrogen (secondary N) is 2. The molecule has 8 aromatic rings. The maximum absolute atomic E-state index is 6.40. The van der Waals surface area contributed by atoms with Crippen molar-refractivity contribution in [2.75, 3.05) is 20.4 Å². The predicted molar refractivity (Wildman–Crippen MR) is 199 cm³/mol. The fraction of sp³-hybridized carbons (Fsp3) is 0.0233. The van der Waals surface area contributed by atoms with Crippen LogP contribution in [-0.4, -0.2) is 6.29 Å². The van der Waals surface area contributed by atoms with Gasteiger partial charge < -0.3 is 20.0 Å². The lowest BCUT2D eigenvalue weighted by Crippen LogP contribution is -2.40. The van der Waals surface area contributed by atoms with Crippen molar-refractivity contribution in [3.05, 3.63) is 164 Å². The maximum atomic E-state index is 6.40. The number of benzene rings is 7. The molecule has 7 aromatic carbocycles. The van der Waals surface area contributed by atoms with Crippen LogP contribution in [0.5, 0.6) is 0 Å². The minimum Gasteiger partial charge on any atom is -0.456 e. The summed E-state index contributed by atoms with van der Waals surface area (Å²) in [5, 5.41) is 9.68. The first kappa shape index (κ1) is 26.7. The lowest BCUT2D eigenvalue weighted by molar-refractivity contribution is 0.669. The largest absolute Gasteiger partial charge is 0.456 e. The van der Waals surface area contributed by atoms with Crippen LogP contribution in [0.3, 0.4) is 0 Å². The zero-order valence-electron chi connectivity index (χ0n) is 26.0. The van der Waals surface area contributed by atoms with E-state index in [0.717, 1.165) is 61.4 Å². The summed E-state index contributed by atoms with van der Waals surface area (Å²) >= 11 is 0. The monoisotopic (exact) mass is 618 g/mol. The highest BCUT2D eigenvalue weighted by molar-refractivity contribution is 6.13. The Labute approximate surface area is 278 Å². The van der Waals surface area contributed by atoms with Crippen molar-refractivity contribution in [3.63, 3.8) is 0 Å². The molecule has 2 N–H and O–H groups in total. The van der Waals surface area contributed by atoms with Crippen molar-refractivity contribution < 1.29 is 4.42 Å². The van der Waals surface area contributed by atoms with Crippen LogP contribution >= 0.6 is 0 Å². The van der Waals surface area contributed by atoms with Crippen molar-refractivity contribution in [2.24, 2.45) is 0 Å². The highest BCUT2D eigenvalue weighted by Crippen LogP contribution is 2.53. The molecule has 1 atom stereocenters. The van der Waals surface area contributed by atoms with E-state index in [1.807, 2.05) is 6.07 Å². The zero-order valence-corrected chi connectivity index (χ0v) is 26.0. The molecule has 10 rings (SSSR count). The van der Waals surface area contributed by atoms with Crippen LogP contribution in [-0.2, 0) is 0 Å². The molecule has 0 saturated carbocycles. The molecule has 5 nitrogen and oxygen atoms in total. The van der Waals surface area contributed by atoms with Crippen LogP contribution in [0.2, 0.25) is 0 Å². The molecule has 0 aliphatic carbocycles. The third kappa shape index (κ3) is 4.11. The minimum absolute atomic E-state index is 0.0391. The molecular weight excluding hydrogens is 589 g/mol. The summed E-state index contributed by atoms with van der Waals surface area (Å²) in [6.45, 7) is 0. The Balaban J connectivity index is 1.05. The average molecular weight is 619 g/mol. The van der Waals surface area contributed by atoms with Crippen LogP contribution < -0.4 is 20.4 Å². The fourth-order valence-corrected chi connectivity index (χ4v) is 7.42. The molecule has 0 saturated heterocycles. The van der Waals surface area contributed by atoms with Gasteiger partial charge in [0.1, 0.15) is 11.2 Å². The maximum Gasteiger partial charge on any atom is 0.187 e. The van der Waals surface area contributed by atoms with Crippen molar-refractivity contribution in [1.82, 2.24) is 0 Å². The van der Waals surface area contributed by atoms with Crippen LogP contribution in [0.1, 0.15) is 0 Å². The molecule has 2 aliphatic heterocycles. The quantitative estimate of drug-likeness (QED) is 0.201. The second-order valence-electron chi connectivity index (χ2n) is 12.3. The summed E-state index contributed by atoms with van der Waals surface area (Å²) in [5.41, 5.74) is 14.3. The summed E-state index contributed by atoms with van der Waals surface area (Å²) in [5.74, 6) is 0. The highest BCUT2D eigenvalue weighted by Gasteiger charge is 2.42. The van der Waals surface area contributed by atoms with Gasteiger partial charge >= 0.3 is 0 Å². The summed E-state index contributed by atoms with van der Waals surface area (Å²) < 4.78 is 6.40. The third-order valence-electron chi connectivity index (χ3n) is 9.57. The molecule has 0 radical (unpaired) electrons. The van der Waals surface area contributed by atoms with Gasteiger partial charge in [-0.15, -0.1) is 0 Å². The van der Waals surface area contributed by atoms with E-state index in [1.165, 1.54) is 22.6 Å². The van der Waals surface area contributed by atoms with E-state index in [9.17, 15) is 0 Å². The minimum atomic E-state index is -0.0391. The summed E-state index contributed by atoms with van der Waals surface area (Å²) in [6.07, 6.45) is -0.0391. The molecule has 0 amide bonds. The van der Waals surface area contributed by atoms with Gasteiger partial charge in [-0.3, -0.25) is 4.90 Å². The van der Waals surface area contributed by atoms with Gasteiger partial charge in [-0.05, 0) is 83.4 Å². The smallest absolute Gasteiger partial charge is 0.187 e. The van der Waals surface area contributed by atoms with Gasteiger partial charge in [0.05, 0.1) is 33.8 Å². The Hall–Kier alpha value is -6.46. The Kier molecular flexibility index (Phi) is 5.87. The summed E-state index contributed by atoms with van der Waals surface area (Å²) in [6, 6.07) is 57.7. The van der Waals surface area contributed by atoms with E-state index in [2.05, 4.69) is 178 Å². The SMILES string of the molecule is c1ccc(-c2ccccc2Nc2cccc3oc4ccc(-c5cccc(N6c7ccccc7N7c8ccccc8NC67)c5)cc4c23)cc1. The molecule has 0 bridgehead atoms. The molecular formula is C43H30N4O. The van der Waals surface area contributed by atoms with Crippen LogP contribution in [0.15, 0.2) is 168 Å². The van der Waals surface area contributed by atoms with E-state index >= 15 is 0 Å². The molecule has 3 heterocycles. The number of rotatable bonds is 5. The number of nitrogens with zero attached hydrogens (tertiary/aromatic N) is 2. The van der Waals surface area contributed by atoms with Gasteiger partial charge in [0, 0.05) is 22.3 Å². The molecule has 2 aliphatic rings. The molecule has 0 spiro atoms. The summed E-state index contributed by atoms with van der Waals surface area (Å²) in [7, 11) is 0. The van der Waals surface area contributed by atoms with Crippen molar-refractivity contribution in [3.8, 4) is 22.3 Å². The Bertz CT molecular complexity index is 2500. The van der Waals surface area contributed by atoms with Crippen molar-refractivity contribution >= 4 is 61.8 Å². The van der Waals surface area contributed by atoms with Crippen molar-refractivity contribution in [1.29, 1.82) is 0 Å². The Morgan fingerprint density at radius 3 is 2.08 bits per heavy atom. The number of para-hydroxylation sites is 5. The van der Waals surface area contributed by atoms with Crippen LogP contribution in [0.4, 0.5) is 39.8 Å². The van der Waals surface area contributed by atoms with Crippen LogP contribution in [0, 0.1) is 0 Å². The first-order valence-electron chi connectivity index (χ1n) is 16.3.